The molecule has 0 saturated carbocycles. The van der Waals surface area contributed by atoms with E-state index < -0.39 is 0 Å². The summed E-state index contributed by atoms with van der Waals surface area (Å²) in [6, 6.07) is 6.13. The van der Waals surface area contributed by atoms with Gasteiger partial charge in [-0.25, -0.2) is 0 Å². The number of alkyl halides is 1. The highest BCUT2D eigenvalue weighted by Gasteiger charge is 2.06. The van der Waals surface area contributed by atoms with Crippen LogP contribution in [0.3, 0.4) is 0 Å². The molecule has 0 bridgehead atoms. The van der Waals surface area contributed by atoms with Gasteiger partial charge >= 0.3 is 0 Å². The molecule has 18 heavy (non-hydrogen) atoms. The molecule has 0 aliphatic heterocycles. The molecule has 0 heterocycles. The van der Waals surface area contributed by atoms with Gasteiger partial charge in [0.1, 0.15) is 5.75 Å². The first-order valence-electron chi connectivity index (χ1n) is 6.49. The number of benzene rings is 1. The van der Waals surface area contributed by atoms with Crippen molar-refractivity contribution in [1.29, 1.82) is 0 Å². The Labute approximate surface area is 115 Å². The summed E-state index contributed by atoms with van der Waals surface area (Å²) in [6.45, 7) is 6.32. The Bertz CT molecular complexity index is 428. The van der Waals surface area contributed by atoms with Gasteiger partial charge in [0.05, 0.1) is 11.7 Å². The van der Waals surface area contributed by atoms with E-state index in [1.165, 1.54) is 5.56 Å². The lowest BCUT2D eigenvalue weighted by atomic mass is 10.1. The Morgan fingerprint density at radius 1 is 1.39 bits per heavy atom. The van der Waals surface area contributed by atoms with Crippen molar-refractivity contribution in [3.63, 3.8) is 0 Å². The van der Waals surface area contributed by atoms with Crippen LogP contribution in [-0.4, -0.2) is 12.0 Å². The third-order valence-electron chi connectivity index (χ3n) is 2.60. The fourth-order valence-electron chi connectivity index (χ4n) is 1.73. The van der Waals surface area contributed by atoms with Crippen molar-refractivity contribution in [1.82, 2.24) is 0 Å². The quantitative estimate of drug-likeness (QED) is 0.560. The van der Waals surface area contributed by atoms with E-state index in [0.717, 1.165) is 24.2 Å². The molecule has 0 saturated heterocycles. The highest BCUT2D eigenvalue weighted by molar-refractivity contribution is 6.18. The lowest BCUT2D eigenvalue weighted by Crippen LogP contribution is -2.11. The summed E-state index contributed by atoms with van der Waals surface area (Å²) in [4.78, 5) is 0. The fraction of sp³-hybridized carbons (Fsp3) is 0.500. The van der Waals surface area contributed by atoms with E-state index in [1.54, 1.807) is 0 Å². The summed E-state index contributed by atoms with van der Waals surface area (Å²) in [5, 5.41) is 0. The van der Waals surface area contributed by atoms with E-state index >= 15 is 0 Å². The molecule has 1 aromatic carbocycles. The second-order valence-corrected chi connectivity index (χ2v) is 4.84. The molecule has 1 aromatic rings. The van der Waals surface area contributed by atoms with Crippen LogP contribution in [0.25, 0.3) is 0 Å². The molecule has 2 heteroatoms. The molecule has 0 radical (unpaired) electrons. The molecule has 0 fully saturated rings. The number of halogens is 1. The predicted molar refractivity (Wildman–Crippen MR) is 78.4 cm³/mol. The van der Waals surface area contributed by atoms with Gasteiger partial charge in [-0.15, -0.1) is 11.6 Å². The van der Waals surface area contributed by atoms with Gasteiger partial charge < -0.3 is 4.74 Å². The summed E-state index contributed by atoms with van der Waals surface area (Å²) >= 11 is 5.63. The highest BCUT2D eigenvalue weighted by Crippen LogP contribution is 2.21. The minimum absolute atomic E-state index is 0.228. The molecule has 1 unspecified atom stereocenters. The lowest BCUT2D eigenvalue weighted by Gasteiger charge is -2.15. The maximum Gasteiger partial charge on any atom is 0.135 e. The Kier molecular flexibility index (Phi) is 6.68. The maximum absolute atomic E-state index is 5.94. The lowest BCUT2D eigenvalue weighted by molar-refractivity contribution is 0.209. The molecule has 0 amide bonds. The van der Waals surface area contributed by atoms with Gasteiger partial charge in [-0.2, -0.15) is 0 Å². The van der Waals surface area contributed by atoms with Gasteiger partial charge in [-0.1, -0.05) is 31.3 Å². The Morgan fingerprint density at radius 3 is 2.83 bits per heavy atom. The molecule has 1 nitrogen and oxygen atoms in total. The van der Waals surface area contributed by atoms with E-state index in [2.05, 4.69) is 44.7 Å². The highest BCUT2D eigenvalue weighted by atomic mass is 35.5. The van der Waals surface area contributed by atoms with Crippen LogP contribution in [0.2, 0.25) is 0 Å². The van der Waals surface area contributed by atoms with Gasteiger partial charge in [0, 0.05) is 12.3 Å². The van der Waals surface area contributed by atoms with Crippen molar-refractivity contribution in [3.05, 3.63) is 29.3 Å². The van der Waals surface area contributed by atoms with Crippen LogP contribution in [0.1, 0.15) is 44.2 Å². The molecule has 0 aliphatic rings. The topological polar surface area (TPSA) is 9.23 Å². The summed E-state index contributed by atoms with van der Waals surface area (Å²) in [5.74, 6) is 7.65. The molecule has 1 atom stereocenters. The van der Waals surface area contributed by atoms with Crippen molar-refractivity contribution < 1.29 is 4.74 Å². The van der Waals surface area contributed by atoms with Crippen LogP contribution in [0.4, 0.5) is 0 Å². The van der Waals surface area contributed by atoms with E-state index in [4.69, 9.17) is 16.3 Å². The largest absolute Gasteiger partial charge is 0.489 e. The zero-order chi connectivity index (χ0) is 13.4. The first-order chi connectivity index (χ1) is 8.67. The van der Waals surface area contributed by atoms with Crippen molar-refractivity contribution in [2.24, 2.45) is 0 Å². The maximum atomic E-state index is 5.94. The Balaban J connectivity index is 2.86. The standard InChI is InChI=1S/C16H21ClO/c1-4-7-14(3)18-16-10-9-13(2)12-15(16)8-5-6-11-17/h9-10,12,14H,4,6-7,11H2,1-3H3. The third kappa shape index (κ3) is 5.02. The average molecular weight is 265 g/mol. The molecule has 0 spiro atoms. The first-order valence-corrected chi connectivity index (χ1v) is 7.03. The van der Waals surface area contributed by atoms with Crippen molar-refractivity contribution in [3.8, 4) is 17.6 Å². The van der Waals surface area contributed by atoms with E-state index in [9.17, 15) is 0 Å². The zero-order valence-electron chi connectivity index (χ0n) is 11.4. The van der Waals surface area contributed by atoms with E-state index in [-0.39, 0.29) is 6.10 Å². The predicted octanol–water partition coefficient (Wildman–Crippen LogP) is 4.54. The van der Waals surface area contributed by atoms with Gasteiger partial charge in [0.15, 0.2) is 0 Å². The van der Waals surface area contributed by atoms with Crippen molar-refractivity contribution in [2.45, 2.75) is 46.1 Å². The summed E-state index contributed by atoms with van der Waals surface area (Å²) in [6.07, 6.45) is 3.12. The summed E-state index contributed by atoms with van der Waals surface area (Å²) < 4.78 is 5.94. The molecule has 0 N–H and O–H groups in total. The SMILES string of the molecule is CCCC(C)Oc1ccc(C)cc1C#CCCCl. The normalized spacial score (nSPS) is 11.6. The van der Waals surface area contributed by atoms with Gasteiger partial charge in [0.25, 0.3) is 0 Å². The summed E-state index contributed by atoms with van der Waals surface area (Å²) in [5.41, 5.74) is 2.16. The third-order valence-corrected chi connectivity index (χ3v) is 2.79. The molecular weight excluding hydrogens is 244 g/mol. The minimum atomic E-state index is 0.228. The fourth-order valence-corrected chi connectivity index (χ4v) is 1.83. The Hall–Kier alpha value is -1.13. The van der Waals surface area contributed by atoms with E-state index in [0.29, 0.717) is 12.3 Å². The second-order valence-electron chi connectivity index (χ2n) is 4.46. The van der Waals surface area contributed by atoms with Crippen LogP contribution in [0.15, 0.2) is 18.2 Å². The zero-order valence-corrected chi connectivity index (χ0v) is 12.2. The average Bonchev–Trinajstić information content (AvgIpc) is 2.33. The van der Waals surface area contributed by atoms with Crippen molar-refractivity contribution in [2.75, 3.05) is 5.88 Å². The van der Waals surface area contributed by atoms with Gasteiger partial charge in [-0.3, -0.25) is 0 Å². The number of hydrogen-bond donors (Lipinski definition) is 0. The van der Waals surface area contributed by atoms with Crippen LogP contribution in [0, 0.1) is 18.8 Å². The number of hydrogen-bond acceptors (Lipinski definition) is 1. The van der Waals surface area contributed by atoms with Crippen LogP contribution < -0.4 is 4.74 Å². The number of ether oxygens (including phenoxy) is 1. The van der Waals surface area contributed by atoms with Gasteiger partial charge in [-0.05, 0) is 38.0 Å². The van der Waals surface area contributed by atoms with Crippen molar-refractivity contribution >= 4 is 11.6 Å². The monoisotopic (exact) mass is 264 g/mol. The van der Waals surface area contributed by atoms with E-state index in [1.807, 2.05) is 6.07 Å². The molecular formula is C16H21ClO. The van der Waals surface area contributed by atoms with Crippen LogP contribution >= 0.6 is 11.6 Å². The van der Waals surface area contributed by atoms with Crippen LogP contribution in [0.5, 0.6) is 5.75 Å². The molecule has 0 aromatic heterocycles. The van der Waals surface area contributed by atoms with Gasteiger partial charge in [0.2, 0.25) is 0 Å². The number of rotatable bonds is 5. The van der Waals surface area contributed by atoms with Crippen LogP contribution in [-0.2, 0) is 0 Å². The molecule has 1 rings (SSSR count). The Morgan fingerprint density at radius 2 is 2.17 bits per heavy atom. The smallest absolute Gasteiger partial charge is 0.135 e. The molecule has 98 valence electrons. The molecule has 0 aliphatic carbocycles. The first kappa shape index (κ1) is 14.9. The minimum Gasteiger partial charge on any atom is -0.489 e. The number of aryl methyl sites for hydroxylation is 1. The summed E-state index contributed by atoms with van der Waals surface area (Å²) in [7, 11) is 0. The second kappa shape index (κ2) is 8.06.